The van der Waals surface area contributed by atoms with Gasteiger partial charge in [-0.25, -0.2) is 0 Å². The van der Waals surface area contributed by atoms with Crippen LogP contribution >= 0.6 is 0 Å². The first-order valence-electron chi connectivity index (χ1n) is 30.0. The zero-order valence-electron chi connectivity index (χ0n) is 45.0. The summed E-state index contributed by atoms with van der Waals surface area (Å²) in [6, 6.07) is 0. The van der Waals surface area contributed by atoms with E-state index in [0.29, 0.717) is 19.3 Å². The van der Waals surface area contributed by atoms with Gasteiger partial charge in [-0.05, 0) is 19.3 Å². The molecule has 0 aliphatic heterocycles. The summed E-state index contributed by atoms with van der Waals surface area (Å²) >= 11 is 0. The Bertz CT molecular complexity index is 982. The van der Waals surface area contributed by atoms with Crippen molar-refractivity contribution in [3.63, 3.8) is 0 Å². The number of hydrogen-bond donors (Lipinski definition) is 0. The van der Waals surface area contributed by atoms with E-state index < -0.39 is 6.10 Å². The Labute approximate surface area is 412 Å². The second-order valence-electron chi connectivity index (χ2n) is 20.6. The third-order valence-corrected chi connectivity index (χ3v) is 13.9. The van der Waals surface area contributed by atoms with Gasteiger partial charge < -0.3 is 14.2 Å². The average molecular weight is 934 g/mol. The predicted octanol–water partition coefficient (Wildman–Crippen LogP) is 19.9. The lowest BCUT2D eigenvalue weighted by Crippen LogP contribution is -2.30. The normalized spacial score (nSPS) is 11.9. The predicted molar refractivity (Wildman–Crippen MR) is 284 cm³/mol. The van der Waals surface area contributed by atoms with Crippen LogP contribution in [0.15, 0.2) is 0 Å². The Morgan fingerprint density at radius 3 is 0.606 bits per heavy atom. The van der Waals surface area contributed by atoms with Crippen LogP contribution in [0.5, 0.6) is 0 Å². The van der Waals surface area contributed by atoms with E-state index in [0.717, 1.165) is 57.8 Å². The molecule has 0 rings (SSSR count). The fourth-order valence-electron chi connectivity index (χ4n) is 9.33. The molecule has 0 bridgehead atoms. The van der Waals surface area contributed by atoms with Crippen molar-refractivity contribution in [3.05, 3.63) is 0 Å². The molecule has 0 saturated carbocycles. The summed E-state index contributed by atoms with van der Waals surface area (Å²) in [7, 11) is 0. The summed E-state index contributed by atoms with van der Waals surface area (Å²) in [5.41, 5.74) is 0. The minimum absolute atomic E-state index is 0.0639. The summed E-state index contributed by atoms with van der Waals surface area (Å²) in [5.74, 6) is -0.863. The van der Waals surface area contributed by atoms with E-state index in [1.54, 1.807) is 0 Å². The van der Waals surface area contributed by atoms with Crippen molar-refractivity contribution < 1.29 is 28.6 Å². The van der Waals surface area contributed by atoms with Gasteiger partial charge in [-0.2, -0.15) is 0 Å². The summed E-state index contributed by atoms with van der Waals surface area (Å²) < 4.78 is 16.6. The molecule has 0 radical (unpaired) electrons. The molecule has 0 aliphatic rings. The fourth-order valence-corrected chi connectivity index (χ4v) is 9.33. The van der Waals surface area contributed by atoms with E-state index in [-0.39, 0.29) is 31.1 Å². The summed E-state index contributed by atoms with van der Waals surface area (Å²) in [5, 5.41) is 0. The molecular formula is C60H116O6. The molecule has 0 N–H and O–H groups in total. The van der Waals surface area contributed by atoms with Crippen molar-refractivity contribution in [2.45, 2.75) is 354 Å². The van der Waals surface area contributed by atoms with Gasteiger partial charge in [0.25, 0.3) is 0 Å². The highest BCUT2D eigenvalue weighted by Gasteiger charge is 2.19. The molecule has 0 aliphatic carbocycles. The van der Waals surface area contributed by atoms with Crippen molar-refractivity contribution >= 4 is 17.9 Å². The first kappa shape index (κ1) is 64.4. The maximum Gasteiger partial charge on any atom is 0.306 e. The molecule has 0 aromatic carbocycles. The molecule has 0 saturated heterocycles. The summed E-state index contributed by atoms with van der Waals surface area (Å²) in [6.07, 6.45) is 63.5. The molecule has 66 heavy (non-hydrogen) atoms. The lowest BCUT2D eigenvalue weighted by atomic mass is 10.0. The first-order valence-corrected chi connectivity index (χ1v) is 30.0. The Morgan fingerprint density at radius 2 is 0.409 bits per heavy atom. The Balaban J connectivity index is 3.69. The highest BCUT2D eigenvalue weighted by molar-refractivity contribution is 5.71. The number of hydrogen-bond acceptors (Lipinski definition) is 6. The van der Waals surface area contributed by atoms with Crippen molar-refractivity contribution in [1.82, 2.24) is 0 Å². The molecule has 0 amide bonds. The van der Waals surface area contributed by atoms with Gasteiger partial charge in [0.2, 0.25) is 0 Å². The molecule has 0 spiro atoms. The zero-order chi connectivity index (χ0) is 47.9. The Hall–Kier alpha value is -1.59. The monoisotopic (exact) mass is 933 g/mol. The molecule has 0 aromatic heterocycles. The van der Waals surface area contributed by atoms with Crippen LogP contribution in [-0.2, 0) is 28.6 Å². The van der Waals surface area contributed by atoms with Crippen LogP contribution in [0.4, 0.5) is 0 Å². The minimum atomic E-state index is -0.757. The largest absolute Gasteiger partial charge is 0.462 e. The van der Waals surface area contributed by atoms with E-state index in [2.05, 4.69) is 20.8 Å². The topological polar surface area (TPSA) is 78.9 Å². The second kappa shape index (κ2) is 56.0. The lowest BCUT2D eigenvalue weighted by molar-refractivity contribution is -0.167. The van der Waals surface area contributed by atoms with Crippen LogP contribution in [0, 0.1) is 0 Å². The van der Waals surface area contributed by atoms with E-state index >= 15 is 0 Å². The average Bonchev–Trinajstić information content (AvgIpc) is 3.31. The highest BCUT2D eigenvalue weighted by atomic mass is 16.6. The van der Waals surface area contributed by atoms with E-state index in [4.69, 9.17) is 14.2 Å². The highest BCUT2D eigenvalue weighted by Crippen LogP contribution is 2.18. The van der Waals surface area contributed by atoms with Crippen molar-refractivity contribution in [2.24, 2.45) is 0 Å². The van der Waals surface area contributed by atoms with Crippen molar-refractivity contribution in [1.29, 1.82) is 0 Å². The molecule has 1 atom stereocenters. The van der Waals surface area contributed by atoms with Crippen LogP contribution in [-0.4, -0.2) is 37.2 Å². The molecule has 392 valence electrons. The maximum atomic E-state index is 12.6. The van der Waals surface area contributed by atoms with Gasteiger partial charge in [0, 0.05) is 19.3 Å². The number of carbonyl (C=O) groups excluding carboxylic acids is 3. The van der Waals surface area contributed by atoms with Crippen LogP contribution in [0.2, 0.25) is 0 Å². The number of rotatable bonds is 56. The zero-order valence-corrected chi connectivity index (χ0v) is 45.0. The Morgan fingerprint density at radius 1 is 0.242 bits per heavy atom. The van der Waals surface area contributed by atoms with Gasteiger partial charge in [-0.1, -0.05) is 310 Å². The van der Waals surface area contributed by atoms with E-state index in [1.165, 1.54) is 250 Å². The Kier molecular flexibility index (Phi) is 54.7. The van der Waals surface area contributed by atoms with Crippen LogP contribution in [0.25, 0.3) is 0 Å². The number of esters is 3. The quantitative estimate of drug-likeness (QED) is 0.0343. The van der Waals surface area contributed by atoms with Gasteiger partial charge in [0.15, 0.2) is 6.10 Å². The van der Waals surface area contributed by atoms with Crippen LogP contribution < -0.4 is 0 Å². The molecular weight excluding hydrogens is 817 g/mol. The third-order valence-electron chi connectivity index (χ3n) is 13.9. The number of carbonyl (C=O) groups is 3. The van der Waals surface area contributed by atoms with Gasteiger partial charge in [0.05, 0.1) is 0 Å². The van der Waals surface area contributed by atoms with Gasteiger partial charge in [-0.3, -0.25) is 14.4 Å². The molecule has 6 nitrogen and oxygen atoms in total. The van der Waals surface area contributed by atoms with E-state index in [9.17, 15) is 14.4 Å². The second-order valence-corrected chi connectivity index (χ2v) is 20.6. The molecule has 0 aromatic rings. The van der Waals surface area contributed by atoms with Crippen LogP contribution in [0.3, 0.4) is 0 Å². The van der Waals surface area contributed by atoms with Crippen molar-refractivity contribution in [2.75, 3.05) is 13.2 Å². The molecule has 0 heterocycles. The van der Waals surface area contributed by atoms with Crippen LogP contribution in [0.1, 0.15) is 348 Å². The smallest absolute Gasteiger partial charge is 0.306 e. The van der Waals surface area contributed by atoms with E-state index in [1.807, 2.05) is 0 Å². The van der Waals surface area contributed by atoms with Gasteiger partial charge in [-0.15, -0.1) is 0 Å². The van der Waals surface area contributed by atoms with Gasteiger partial charge in [0.1, 0.15) is 13.2 Å². The van der Waals surface area contributed by atoms with Crippen molar-refractivity contribution in [3.8, 4) is 0 Å². The molecule has 6 heteroatoms. The SMILES string of the molecule is CCCCCCCCCCCCCCCCCCCCCCCCCCCCCCCCCCCCCC(=O)OCC(COC(=O)CCCCCCCC)OC(=O)CCCCCCCCC. The standard InChI is InChI=1S/C60H116O6/c1-4-7-10-13-16-17-18-19-20-21-22-23-24-25-26-27-28-29-30-31-32-33-34-35-36-37-38-39-40-41-42-43-45-47-50-53-59(62)65-56-57(55-64-58(61)52-49-46-15-12-9-6-3)66-60(63)54-51-48-44-14-11-8-5-2/h57H,4-56H2,1-3H3. The summed E-state index contributed by atoms with van der Waals surface area (Å²) in [6.45, 7) is 6.58. The molecule has 1 unspecified atom stereocenters. The maximum absolute atomic E-state index is 12.6. The number of unbranched alkanes of at least 4 members (excludes halogenated alkanes) is 45. The third kappa shape index (κ3) is 53.4. The lowest BCUT2D eigenvalue weighted by Gasteiger charge is -2.18. The number of ether oxygens (including phenoxy) is 3. The fraction of sp³-hybridized carbons (Fsp3) is 0.950. The first-order chi connectivity index (χ1) is 32.5. The minimum Gasteiger partial charge on any atom is -0.462 e. The molecule has 0 fully saturated rings. The van der Waals surface area contributed by atoms with Gasteiger partial charge >= 0.3 is 17.9 Å². The summed E-state index contributed by atoms with van der Waals surface area (Å²) in [4.78, 5) is 37.5.